The van der Waals surface area contributed by atoms with E-state index in [0.29, 0.717) is 0 Å². The molecular weight excluding hydrogens is 244 g/mol. The molecule has 0 radical (unpaired) electrons. The van der Waals surface area contributed by atoms with Gasteiger partial charge in [0.25, 0.3) is 0 Å². The van der Waals surface area contributed by atoms with Crippen molar-refractivity contribution in [2.45, 2.75) is 38.3 Å². The molecule has 0 unspecified atom stereocenters. The molecule has 0 aromatic carbocycles. The van der Waals surface area contributed by atoms with Gasteiger partial charge >= 0.3 is 0 Å². The summed E-state index contributed by atoms with van der Waals surface area (Å²) in [6, 6.07) is 2.30. The van der Waals surface area contributed by atoms with Crippen molar-refractivity contribution >= 4 is 36.9 Å². The standard InChI is InChI=1S/C8H16N2S2Si2/c1-13(2,11-7-9)5-6-14(3,4)12-8-10/h5-6H2,1-4H3. The van der Waals surface area contributed by atoms with Gasteiger partial charge in [0.05, 0.1) is 0 Å². The summed E-state index contributed by atoms with van der Waals surface area (Å²) < 4.78 is 0. The number of nitriles is 2. The van der Waals surface area contributed by atoms with Crippen LogP contribution in [0.25, 0.3) is 0 Å². The summed E-state index contributed by atoms with van der Waals surface area (Å²) in [6.07, 6.45) is 0. The molecule has 14 heavy (non-hydrogen) atoms. The van der Waals surface area contributed by atoms with E-state index in [1.165, 1.54) is 22.4 Å². The highest BCUT2D eigenvalue weighted by Gasteiger charge is 2.29. The van der Waals surface area contributed by atoms with Crippen molar-refractivity contribution in [1.82, 2.24) is 0 Å². The highest BCUT2D eigenvalue weighted by atomic mass is 32.4. The van der Waals surface area contributed by atoms with Crippen LogP contribution in [0.15, 0.2) is 0 Å². The van der Waals surface area contributed by atoms with Crippen LogP contribution in [-0.4, -0.2) is 14.4 Å². The van der Waals surface area contributed by atoms with Crippen molar-refractivity contribution in [2.24, 2.45) is 0 Å². The summed E-state index contributed by atoms with van der Waals surface area (Å²) in [5, 5.41) is 21.7. The van der Waals surface area contributed by atoms with Crippen molar-refractivity contribution in [3.05, 3.63) is 0 Å². The van der Waals surface area contributed by atoms with E-state index in [1.807, 2.05) is 0 Å². The molecule has 0 heterocycles. The molecule has 2 nitrogen and oxygen atoms in total. The van der Waals surface area contributed by atoms with Crippen molar-refractivity contribution in [2.75, 3.05) is 0 Å². The summed E-state index contributed by atoms with van der Waals surface area (Å²) >= 11 is 2.93. The lowest BCUT2D eigenvalue weighted by molar-refractivity contribution is 1.33. The fourth-order valence-electron chi connectivity index (χ4n) is 0.951. The quantitative estimate of drug-likeness (QED) is 0.557. The first-order valence-corrected chi connectivity index (χ1v) is 14.0. The highest BCUT2D eigenvalue weighted by molar-refractivity contribution is 8.32. The Bertz CT molecular complexity index is 237. The van der Waals surface area contributed by atoms with Gasteiger partial charge in [-0.25, -0.2) is 0 Å². The third-order valence-corrected chi connectivity index (χ3v) is 11.8. The van der Waals surface area contributed by atoms with E-state index in [4.69, 9.17) is 10.5 Å². The van der Waals surface area contributed by atoms with Gasteiger partial charge in [-0.15, -0.1) is 0 Å². The Morgan fingerprint density at radius 1 is 0.857 bits per heavy atom. The van der Waals surface area contributed by atoms with Crippen LogP contribution in [0.5, 0.6) is 0 Å². The Hall–Kier alpha value is 0.114. The zero-order chi connectivity index (χ0) is 11.2. The Labute approximate surface area is 96.4 Å². The van der Waals surface area contributed by atoms with Crippen LogP contribution < -0.4 is 0 Å². The molecule has 0 fully saturated rings. The molecule has 0 aliphatic rings. The predicted octanol–water partition coefficient (Wildman–Crippen LogP) is 3.83. The lowest BCUT2D eigenvalue weighted by Gasteiger charge is -2.23. The van der Waals surface area contributed by atoms with Gasteiger partial charge in [0.15, 0.2) is 0 Å². The van der Waals surface area contributed by atoms with Gasteiger partial charge in [-0.05, 0) is 12.1 Å². The number of hydrogen-bond donors (Lipinski definition) is 0. The number of rotatable bonds is 5. The van der Waals surface area contributed by atoms with Gasteiger partial charge in [-0.1, -0.05) is 48.6 Å². The van der Waals surface area contributed by atoms with Gasteiger partial charge < -0.3 is 0 Å². The number of thiocyanates is 2. The Morgan fingerprint density at radius 3 is 1.36 bits per heavy atom. The molecule has 6 heteroatoms. The lowest BCUT2D eigenvalue weighted by atomic mass is 10.9. The molecule has 0 aliphatic heterocycles. The Balaban J connectivity index is 4.06. The summed E-state index contributed by atoms with van der Waals surface area (Å²) in [5.74, 6) is 0. The minimum absolute atomic E-state index is 1.15. The Morgan fingerprint density at radius 2 is 1.14 bits per heavy atom. The fourth-order valence-corrected chi connectivity index (χ4v) is 10.4. The van der Waals surface area contributed by atoms with E-state index in [1.54, 1.807) is 0 Å². The molecular formula is C8H16N2S2Si2. The zero-order valence-electron chi connectivity index (χ0n) is 9.13. The summed E-state index contributed by atoms with van der Waals surface area (Å²) in [4.78, 5) is 0. The van der Waals surface area contributed by atoms with E-state index >= 15 is 0 Å². The van der Waals surface area contributed by atoms with Crippen LogP contribution in [0, 0.1) is 21.3 Å². The number of hydrogen-bond acceptors (Lipinski definition) is 4. The van der Waals surface area contributed by atoms with E-state index in [9.17, 15) is 0 Å². The second kappa shape index (κ2) is 5.87. The molecule has 0 bridgehead atoms. The monoisotopic (exact) mass is 260 g/mol. The van der Waals surface area contributed by atoms with E-state index in [0.717, 1.165) is 12.1 Å². The fraction of sp³-hybridized carbons (Fsp3) is 0.750. The summed E-state index contributed by atoms with van der Waals surface area (Å²) in [7, 11) is -2.75. The van der Waals surface area contributed by atoms with E-state index < -0.39 is 14.4 Å². The number of nitrogens with zero attached hydrogens (tertiary/aromatic N) is 2. The molecule has 0 aromatic heterocycles. The van der Waals surface area contributed by atoms with E-state index in [2.05, 4.69) is 37.0 Å². The molecule has 0 rings (SSSR count). The smallest absolute Gasteiger partial charge is 0.130 e. The Kier molecular flexibility index (Phi) is 5.91. The topological polar surface area (TPSA) is 47.6 Å². The maximum absolute atomic E-state index is 8.64. The molecule has 0 spiro atoms. The maximum atomic E-state index is 8.64. The SMILES string of the molecule is C[Si](C)(CC[Si](C)(C)SC#N)SC#N. The molecule has 0 atom stereocenters. The minimum Gasteiger partial charge on any atom is -0.186 e. The molecule has 0 saturated heterocycles. The van der Waals surface area contributed by atoms with Gasteiger partial charge in [0.2, 0.25) is 0 Å². The van der Waals surface area contributed by atoms with Gasteiger partial charge in [0, 0.05) is 0 Å². The van der Waals surface area contributed by atoms with Crippen molar-refractivity contribution in [1.29, 1.82) is 10.5 Å². The van der Waals surface area contributed by atoms with Gasteiger partial charge in [0.1, 0.15) is 25.2 Å². The maximum Gasteiger partial charge on any atom is 0.130 e. The van der Waals surface area contributed by atoms with Crippen LogP contribution in [0.4, 0.5) is 0 Å². The van der Waals surface area contributed by atoms with E-state index in [-0.39, 0.29) is 0 Å². The third-order valence-electron chi connectivity index (χ3n) is 1.97. The summed E-state index contributed by atoms with van der Waals surface area (Å²) in [6.45, 7) is 8.90. The average Bonchev–Trinajstić information content (AvgIpc) is 2.01. The molecule has 0 N–H and O–H groups in total. The predicted molar refractivity (Wildman–Crippen MR) is 71.0 cm³/mol. The molecule has 0 aliphatic carbocycles. The lowest BCUT2D eigenvalue weighted by Crippen LogP contribution is -2.27. The van der Waals surface area contributed by atoms with Crippen molar-refractivity contribution in [3.8, 4) is 10.8 Å². The van der Waals surface area contributed by atoms with Crippen molar-refractivity contribution < 1.29 is 0 Å². The first kappa shape index (κ1) is 14.1. The van der Waals surface area contributed by atoms with Crippen LogP contribution in [-0.2, 0) is 0 Å². The minimum atomic E-state index is -1.37. The molecule has 0 amide bonds. The van der Waals surface area contributed by atoms with Gasteiger partial charge in [-0.2, -0.15) is 10.5 Å². The molecule has 0 aromatic rings. The second-order valence-corrected chi connectivity index (χ2v) is 21.1. The first-order valence-electron chi connectivity index (χ1n) is 4.47. The normalized spacial score (nSPS) is 11.9. The summed E-state index contributed by atoms with van der Waals surface area (Å²) in [5.41, 5.74) is 0. The molecule has 78 valence electrons. The average molecular weight is 261 g/mol. The van der Waals surface area contributed by atoms with Crippen LogP contribution >= 0.6 is 22.4 Å². The van der Waals surface area contributed by atoms with Crippen LogP contribution in [0.1, 0.15) is 0 Å². The van der Waals surface area contributed by atoms with Crippen LogP contribution in [0.2, 0.25) is 38.3 Å². The highest BCUT2D eigenvalue weighted by Crippen LogP contribution is 2.32. The second-order valence-electron chi connectivity index (χ2n) is 4.41. The van der Waals surface area contributed by atoms with Crippen LogP contribution in [0.3, 0.4) is 0 Å². The molecule has 0 saturated carbocycles. The van der Waals surface area contributed by atoms with Crippen molar-refractivity contribution in [3.63, 3.8) is 0 Å². The third kappa shape index (κ3) is 6.55. The largest absolute Gasteiger partial charge is 0.186 e. The van der Waals surface area contributed by atoms with Gasteiger partial charge in [-0.3, -0.25) is 0 Å². The first-order chi connectivity index (χ1) is 6.33. The zero-order valence-corrected chi connectivity index (χ0v) is 12.8.